The molecule has 0 heterocycles. The summed E-state index contributed by atoms with van der Waals surface area (Å²) in [5, 5.41) is 0. The zero-order valence-corrected chi connectivity index (χ0v) is 12.6. The van der Waals surface area contributed by atoms with Gasteiger partial charge in [0.05, 0.1) is 9.46 Å². The summed E-state index contributed by atoms with van der Waals surface area (Å²) >= 11 is 7.99. The highest BCUT2D eigenvalue weighted by atomic mass is 79.9. The van der Waals surface area contributed by atoms with Crippen molar-refractivity contribution in [3.05, 3.63) is 34.1 Å². The third-order valence-electron chi connectivity index (χ3n) is 2.72. The molecular weight excluding hydrogens is 321 g/mol. The Hall–Kier alpha value is -0.560. The van der Waals surface area contributed by atoms with Crippen LogP contribution in [-0.2, 0) is 15.3 Å². The van der Waals surface area contributed by atoms with Gasteiger partial charge in [0.2, 0.25) is 0 Å². The van der Waals surface area contributed by atoms with Gasteiger partial charge in [-0.25, -0.2) is 4.39 Å². The van der Waals surface area contributed by atoms with Crippen molar-refractivity contribution >= 4 is 33.1 Å². The molecule has 0 fully saturated rings. The molecule has 0 aromatic heterocycles. The first-order chi connectivity index (χ1) is 8.45. The fourth-order valence-electron chi connectivity index (χ4n) is 1.69. The van der Waals surface area contributed by atoms with Gasteiger partial charge in [-0.1, -0.05) is 18.3 Å². The highest BCUT2D eigenvalue weighted by molar-refractivity contribution is 9.10. The monoisotopic (exact) mass is 335 g/mol. The predicted octanol–water partition coefficient (Wildman–Crippen LogP) is 3.10. The molecule has 6 heteroatoms. The normalized spacial score (nSPS) is 11.6. The minimum Gasteiger partial charge on any atom is -0.393 e. The molecule has 100 valence electrons. The third kappa shape index (κ3) is 3.47. The quantitative estimate of drug-likeness (QED) is 0.640. The largest absolute Gasteiger partial charge is 0.393 e. The molecule has 1 rings (SSSR count). The van der Waals surface area contributed by atoms with Crippen molar-refractivity contribution in [2.45, 2.75) is 18.6 Å². The average Bonchev–Trinajstić information content (AvgIpc) is 2.35. The van der Waals surface area contributed by atoms with Crippen LogP contribution in [0, 0.1) is 5.82 Å². The molecule has 1 aromatic rings. The van der Waals surface area contributed by atoms with Gasteiger partial charge in [-0.05, 0) is 28.1 Å². The second kappa shape index (κ2) is 6.56. The van der Waals surface area contributed by atoms with Gasteiger partial charge in [0, 0.05) is 32.6 Å². The Morgan fingerprint density at radius 3 is 2.50 bits per heavy atom. The van der Waals surface area contributed by atoms with E-state index in [0.717, 1.165) is 0 Å². The molecule has 0 aliphatic rings. The molecule has 0 unspecified atom stereocenters. The Morgan fingerprint density at radius 2 is 2.06 bits per heavy atom. The molecule has 0 aliphatic heterocycles. The van der Waals surface area contributed by atoms with Crippen molar-refractivity contribution in [1.82, 2.24) is 0 Å². The van der Waals surface area contributed by atoms with Crippen LogP contribution in [0.25, 0.3) is 0 Å². The Balaban J connectivity index is 3.09. The molecule has 1 aromatic carbocycles. The predicted molar refractivity (Wildman–Crippen MR) is 75.8 cm³/mol. The molecule has 0 atom stereocenters. The highest BCUT2D eigenvalue weighted by Crippen LogP contribution is 2.33. The van der Waals surface area contributed by atoms with Gasteiger partial charge in [0.1, 0.15) is 5.82 Å². The van der Waals surface area contributed by atoms with Crippen LogP contribution in [0.2, 0.25) is 0 Å². The van der Waals surface area contributed by atoms with Crippen LogP contribution in [0.4, 0.5) is 4.39 Å². The lowest BCUT2D eigenvalue weighted by Crippen LogP contribution is -2.32. The van der Waals surface area contributed by atoms with E-state index < -0.39 is 5.79 Å². The fourth-order valence-corrected chi connectivity index (χ4v) is 2.17. The Labute approximate surface area is 120 Å². The summed E-state index contributed by atoms with van der Waals surface area (Å²) in [5.74, 6) is -1.31. The molecular formula is C12H15BrFNO2S. The van der Waals surface area contributed by atoms with Gasteiger partial charge in [-0.3, -0.25) is 0 Å². The van der Waals surface area contributed by atoms with Gasteiger partial charge in [-0.15, -0.1) is 0 Å². The Kier molecular flexibility index (Phi) is 5.65. The van der Waals surface area contributed by atoms with Crippen molar-refractivity contribution in [2.24, 2.45) is 5.73 Å². The number of halogens is 2. The van der Waals surface area contributed by atoms with Gasteiger partial charge < -0.3 is 15.2 Å². The number of ether oxygens (including phenoxy) is 2. The van der Waals surface area contributed by atoms with E-state index in [4.69, 9.17) is 27.4 Å². The smallest absolute Gasteiger partial charge is 0.194 e. The summed E-state index contributed by atoms with van der Waals surface area (Å²) in [6, 6.07) is 4.60. The molecule has 0 radical (unpaired) electrons. The van der Waals surface area contributed by atoms with E-state index in [-0.39, 0.29) is 5.82 Å². The van der Waals surface area contributed by atoms with E-state index in [1.54, 1.807) is 12.1 Å². The van der Waals surface area contributed by atoms with E-state index >= 15 is 0 Å². The van der Waals surface area contributed by atoms with Crippen LogP contribution in [0.1, 0.15) is 18.4 Å². The average molecular weight is 336 g/mol. The molecule has 0 amide bonds. The van der Waals surface area contributed by atoms with Crippen LogP contribution in [0.5, 0.6) is 0 Å². The fraction of sp³-hybridized carbons (Fsp3) is 0.417. The molecule has 0 spiro atoms. The zero-order chi connectivity index (χ0) is 13.8. The second-order valence-electron chi connectivity index (χ2n) is 3.76. The molecule has 0 bridgehead atoms. The van der Waals surface area contributed by atoms with Crippen LogP contribution >= 0.6 is 28.1 Å². The number of nitrogens with two attached hydrogens (primary N) is 1. The minimum atomic E-state index is -0.973. The van der Waals surface area contributed by atoms with E-state index in [2.05, 4.69) is 15.9 Å². The number of rotatable bonds is 6. The number of benzene rings is 1. The topological polar surface area (TPSA) is 44.5 Å². The lowest BCUT2D eigenvalue weighted by Gasteiger charge is -2.31. The first-order valence-corrected chi connectivity index (χ1v) is 6.49. The maximum atomic E-state index is 13.2. The molecule has 0 aliphatic carbocycles. The Bertz CT molecular complexity index is 438. The van der Waals surface area contributed by atoms with E-state index in [9.17, 15) is 4.39 Å². The first-order valence-electron chi connectivity index (χ1n) is 5.29. The summed E-state index contributed by atoms with van der Waals surface area (Å²) in [6.45, 7) is 0. The molecule has 2 N–H and O–H groups in total. The van der Waals surface area contributed by atoms with Gasteiger partial charge in [0.25, 0.3) is 0 Å². The van der Waals surface area contributed by atoms with Gasteiger partial charge in [-0.2, -0.15) is 0 Å². The SMILES string of the molecule is COC(CCC(N)=S)(OC)c1ccc(F)c(Br)c1. The van der Waals surface area contributed by atoms with Gasteiger partial charge >= 0.3 is 0 Å². The zero-order valence-electron chi connectivity index (χ0n) is 10.2. The molecule has 18 heavy (non-hydrogen) atoms. The third-order valence-corrected chi connectivity index (χ3v) is 3.53. The maximum Gasteiger partial charge on any atom is 0.194 e. The lowest BCUT2D eigenvalue weighted by molar-refractivity contribution is -0.219. The summed E-state index contributed by atoms with van der Waals surface area (Å²) in [6.07, 6.45) is 0.944. The van der Waals surface area contributed by atoms with Crippen molar-refractivity contribution in [2.75, 3.05) is 14.2 Å². The van der Waals surface area contributed by atoms with Gasteiger partial charge in [0.15, 0.2) is 5.79 Å². The Morgan fingerprint density at radius 1 is 1.44 bits per heavy atom. The maximum absolute atomic E-state index is 13.2. The lowest BCUT2D eigenvalue weighted by atomic mass is 10.00. The number of hydrogen-bond acceptors (Lipinski definition) is 3. The molecule has 0 saturated heterocycles. The van der Waals surface area contributed by atoms with E-state index in [0.29, 0.717) is 27.9 Å². The highest BCUT2D eigenvalue weighted by Gasteiger charge is 2.32. The minimum absolute atomic E-state index is 0.339. The van der Waals surface area contributed by atoms with Crippen molar-refractivity contribution < 1.29 is 13.9 Å². The number of thiocarbonyl (C=S) groups is 1. The van der Waals surface area contributed by atoms with Crippen molar-refractivity contribution in [3.63, 3.8) is 0 Å². The van der Waals surface area contributed by atoms with E-state index in [1.807, 2.05) is 0 Å². The summed E-state index contributed by atoms with van der Waals surface area (Å²) in [5.41, 5.74) is 6.20. The van der Waals surface area contributed by atoms with Crippen LogP contribution < -0.4 is 5.73 Å². The van der Waals surface area contributed by atoms with Crippen LogP contribution in [0.15, 0.2) is 22.7 Å². The van der Waals surface area contributed by atoms with Crippen molar-refractivity contribution in [3.8, 4) is 0 Å². The molecule has 0 saturated carbocycles. The van der Waals surface area contributed by atoms with Crippen LogP contribution in [0.3, 0.4) is 0 Å². The van der Waals surface area contributed by atoms with E-state index in [1.165, 1.54) is 20.3 Å². The second-order valence-corrected chi connectivity index (χ2v) is 5.14. The standard InChI is InChI=1S/C12H15BrFNO2S/c1-16-12(17-2,6-5-11(15)18)8-3-4-10(14)9(13)7-8/h3-4,7H,5-6H2,1-2H3,(H2,15,18). The summed E-state index contributed by atoms with van der Waals surface area (Å²) < 4.78 is 24.5. The number of methoxy groups -OCH3 is 2. The molecule has 3 nitrogen and oxygen atoms in total. The summed E-state index contributed by atoms with van der Waals surface area (Å²) in [7, 11) is 3.06. The number of hydrogen-bond donors (Lipinski definition) is 1. The summed E-state index contributed by atoms with van der Waals surface area (Å²) in [4.78, 5) is 0.384. The first kappa shape index (κ1) is 15.5. The van der Waals surface area contributed by atoms with Crippen molar-refractivity contribution in [1.29, 1.82) is 0 Å². The van der Waals surface area contributed by atoms with Crippen LogP contribution in [-0.4, -0.2) is 19.2 Å².